The van der Waals surface area contributed by atoms with Crippen molar-refractivity contribution in [3.63, 3.8) is 0 Å². The molecule has 266 valence electrons. The number of benzene rings is 4. The van der Waals surface area contributed by atoms with Crippen LogP contribution < -0.4 is 10.1 Å². The zero-order valence-electron chi connectivity index (χ0n) is 27.8. The Kier molecular flexibility index (Phi) is 10.7. The van der Waals surface area contributed by atoms with E-state index in [4.69, 9.17) is 4.74 Å². The molecule has 0 aromatic heterocycles. The van der Waals surface area contributed by atoms with Gasteiger partial charge in [-0.2, -0.15) is 13.2 Å². The fourth-order valence-corrected chi connectivity index (χ4v) is 7.01. The highest BCUT2D eigenvalue weighted by molar-refractivity contribution is 5.92. The quantitative estimate of drug-likeness (QED) is 0.155. The molecule has 0 spiro atoms. The van der Waals surface area contributed by atoms with Gasteiger partial charge in [-0.1, -0.05) is 79.6 Å². The van der Waals surface area contributed by atoms with E-state index in [-0.39, 0.29) is 49.1 Å². The van der Waals surface area contributed by atoms with E-state index in [9.17, 15) is 37.1 Å². The number of nitrogens with zero attached hydrogens (tertiary/aromatic N) is 1. The predicted octanol–water partition coefficient (Wildman–Crippen LogP) is 7.91. The molecule has 6 rings (SSSR count). The molecule has 0 saturated heterocycles. The maximum Gasteiger partial charge on any atom is 0.419 e. The van der Waals surface area contributed by atoms with Gasteiger partial charge < -0.3 is 20.1 Å². The molecule has 11 heteroatoms. The summed E-state index contributed by atoms with van der Waals surface area (Å²) in [6, 6.07) is 22.3. The molecule has 7 nitrogen and oxygen atoms in total. The van der Waals surface area contributed by atoms with Gasteiger partial charge in [0.15, 0.2) is 0 Å². The number of carbonyl (C=O) groups excluding carboxylic acids is 2. The zero-order valence-corrected chi connectivity index (χ0v) is 27.8. The molecule has 2 atom stereocenters. The Hall–Kier alpha value is -5.19. The Morgan fingerprint density at radius 1 is 0.882 bits per heavy atom. The third kappa shape index (κ3) is 8.58. The van der Waals surface area contributed by atoms with Crippen LogP contribution in [0.15, 0.2) is 91.0 Å². The minimum Gasteiger partial charge on any atom is -0.489 e. The van der Waals surface area contributed by atoms with E-state index >= 15 is 0 Å². The number of carboxylic acid groups (broad SMARTS) is 1. The van der Waals surface area contributed by atoms with Crippen LogP contribution in [0.4, 0.5) is 17.6 Å². The first-order valence-electron chi connectivity index (χ1n) is 17.0. The van der Waals surface area contributed by atoms with E-state index in [0.29, 0.717) is 23.6 Å². The second-order valence-corrected chi connectivity index (χ2v) is 13.2. The van der Waals surface area contributed by atoms with Gasteiger partial charge in [-0.3, -0.25) is 9.59 Å². The van der Waals surface area contributed by atoms with E-state index in [1.165, 1.54) is 4.90 Å². The second-order valence-electron chi connectivity index (χ2n) is 13.2. The molecule has 1 fully saturated rings. The fraction of sp³-hybridized carbons (Fsp3) is 0.325. The number of nitrogens with one attached hydrogen (secondary N) is 1. The number of fused-ring (bicyclic) bond motifs is 1. The summed E-state index contributed by atoms with van der Waals surface area (Å²) in [5.41, 5.74) is 2.72. The number of hydrogen-bond acceptors (Lipinski definition) is 4. The molecule has 0 radical (unpaired) electrons. The summed E-state index contributed by atoms with van der Waals surface area (Å²) in [5, 5.41) is 12.9. The molecule has 51 heavy (non-hydrogen) atoms. The van der Waals surface area contributed by atoms with Crippen LogP contribution in [0.3, 0.4) is 0 Å². The van der Waals surface area contributed by atoms with Crippen LogP contribution in [-0.4, -0.2) is 40.4 Å². The summed E-state index contributed by atoms with van der Waals surface area (Å²) in [6.07, 6.45) is -0.133. The van der Waals surface area contributed by atoms with Gasteiger partial charge in [-0.15, -0.1) is 0 Å². The van der Waals surface area contributed by atoms with Crippen molar-refractivity contribution in [2.24, 2.45) is 5.92 Å². The maximum atomic E-state index is 14.2. The summed E-state index contributed by atoms with van der Waals surface area (Å²) < 4.78 is 59.1. The Labute approximate surface area is 293 Å². The number of ether oxygens (including phenoxy) is 1. The van der Waals surface area contributed by atoms with Crippen LogP contribution in [-0.2, 0) is 40.0 Å². The molecule has 2 amide bonds. The van der Waals surface area contributed by atoms with Gasteiger partial charge in [0.25, 0.3) is 0 Å². The summed E-state index contributed by atoms with van der Waals surface area (Å²) in [5.74, 6) is -3.01. The van der Waals surface area contributed by atoms with E-state index in [0.717, 1.165) is 54.5 Å². The first kappa shape index (κ1) is 35.6. The van der Waals surface area contributed by atoms with Crippen molar-refractivity contribution in [3.8, 4) is 16.9 Å². The van der Waals surface area contributed by atoms with Crippen LogP contribution in [0.2, 0.25) is 0 Å². The van der Waals surface area contributed by atoms with Crippen LogP contribution >= 0.6 is 0 Å². The lowest BCUT2D eigenvalue weighted by Crippen LogP contribution is -2.51. The largest absolute Gasteiger partial charge is 0.489 e. The number of carbonyl (C=O) groups is 3. The minimum absolute atomic E-state index is 0.0125. The summed E-state index contributed by atoms with van der Waals surface area (Å²) >= 11 is 0. The van der Waals surface area contributed by atoms with Gasteiger partial charge >= 0.3 is 12.1 Å². The SMILES string of the molecule is O=C(N[C@@H](Cc1ccc(-c2ccccc2)cc1)C(=O)O)C1c2cc(OCc3ccc(C(F)(F)F)c(F)c3)ccc2CCN1C(=O)CC1CCCC1. The molecule has 1 aliphatic carbocycles. The third-order valence-electron chi connectivity index (χ3n) is 9.71. The summed E-state index contributed by atoms with van der Waals surface area (Å²) in [4.78, 5) is 41.9. The molecular formula is C40H38F4N2O5. The van der Waals surface area contributed by atoms with Crippen LogP contribution in [0.5, 0.6) is 5.75 Å². The van der Waals surface area contributed by atoms with Crippen LogP contribution in [0, 0.1) is 11.7 Å². The van der Waals surface area contributed by atoms with Gasteiger partial charge in [-0.25, -0.2) is 9.18 Å². The molecule has 1 aliphatic heterocycles. The Balaban J connectivity index is 1.23. The van der Waals surface area contributed by atoms with Crippen molar-refractivity contribution in [2.75, 3.05) is 6.54 Å². The first-order valence-corrected chi connectivity index (χ1v) is 17.0. The number of carboxylic acids is 1. The van der Waals surface area contributed by atoms with Crippen molar-refractivity contribution in [1.29, 1.82) is 0 Å². The Bertz CT molecular complexity index is 1870. The van der Waals surface area contributed by atoms with Gasteiger partial charge in [-0.05, 0) is 82.8 Å². The average molecular weight is 703 g/mol. The molecule has 4 aromatic rings. The van der Waals surface area contributed by atoms with Gasteiger partial charge in [0.05, 0.1) is 5.56 Å². The van der Waals surface area contributed by atoms with E-state index in [2.05, 4.69) is 5.32 Å². The Morgan fingerprint density at radius 2 is 1.57 bits per heavy atom. The highest BCUT2D eigenvalue weighted by Gasteiger charge is 2.39. The normalized spacial score (nSPS) is 16.7. The first-order chi connectivity index (χ1) is 24.5. The molecular weight excluding hydrogens is 664 g/mol. The molecule has 1 heterocycles. The van der Waals surface area contributed by atoms with E-state index < -0.39 is 41.5 Å². The van der Waals surface area contributed by atoms with Crippen molar-refractivity contribution in [1.82, 2.24) is 10.2 Å². The molecule has 2 N–H and O–H groups in total. The van der Waals surface area contributed by atoms with Crippen LogP contribution in [0.25, 0.3) is 11.1 Å². The van der Waals surface area contributed by atoms with Gasteiger partial charge in [0.2, 0.25) is 11.8 Å². The van der Waals surface area contributed by atoms with E-state index in [1.807, 2.05) is 54.6 Å². The third-order valence-corrected chi connectivity index (χ3v) is 9.71. The smallest absolute Gasteiger partial charge is 0.419 e. The average Bonchev–Trinajstić information content (AvgIpc) is 3.63. The molecule has 2 aliphatic rings. The fourth-order valence-electron chi connectivity index (χ4n) is 7.01. The maximum absolute atomic E-state index is 14.2. The summed E-state index contributed by atoms with van der Waals surface area (Å²) in [7, 11) is 0. The molecule has 4 aromatic carbocycles. The minimum atomic E-state index is -4.83. The zero-order chi connectivity index (χ0) is 36.1. The topological polar surface area (TPSA) is 95.9 Å². The number of alkyl halides is 3. The molecule has 0 bridgehead atoms. The number of amides is 2. The monoisotopic (exact) mass is 702 g/mol. The predicted molar refractivity (Wildman–Crippen MR) is 182 cm³/mol. The number of halogens is 4. The van der Waals surface area contributed by atoms with Crippen molar-refractivity contribution in [2.45, 2.75) is 69.8 Å². The lowest BCUT2D eigenvalue weighted by Gasteiger charge is -2.37. The number of hydrogen-bond donors (Lipinski definition) is 2. The highest BCUT2D eigenvalue weighted by Crippen LogP contribution is 2.36. The molecule has 1 saturated carbocycles. The Morgan fingerprint density at radius 3 is 2.24 bits per heavy atom. The van der Waals surface area contributed by atoms with Crippen molar-refractivity contribution < 1.29 is 41.8 Å². The van der Waals surface area contributed by atoms with Crippen molar-refractivity contribution >= 4 is 17.8 Å². The van der Waals surface area contributed by atoms with Gasteiger partial charge in [0, 0.05) is 19.4 Å². The second kappa shape index (κ2) is 15.4. The number of rotatable bonds is 11. The lowest BCUT2D eigenvalue weighted by molar-refractivity contribution is -0.145. The number of aliphatic carboxylic acids is 1. The van der Waals surface area contributed by atoms with E-state index in [1.54, 1.807) is 18.2 Å². The van der Waals surface area contributed by atoms with Crippen LogP contribution in [0.1, 0.15) is 66.0 Å². The van der Waals surface area contributed by atoms with Gasteiger partial charge in [0.1, 0.15) is 30.3 Å². The molecule has 1 unspecified atom stereocenters. The summed E-state index contributed by atoms with van der Waals surface area (Å²) in [6.45, 7) is 0.0134. The van der Waals surface area contributed by atoms with Crippen molar-refractivity contribution in [3.05, 3.63) is 125 Å². The highest BCUT2D eigenvalue weighted by atomic mass is 19.4. The standard InChI is InChI=1S/C40H38F4N2O5/c41-34-20-27(12-17-33(34)40(42,43)44)24-51-31-16-15-30-18-19-46(36(47)22-25-6-4-5-7-25)37(32(30)23-31)38(48)45-35(39(49)50)21-26-10-13-29(14-11-26)28-8-2-1-3-9-28/h1-3,8-17,20,23,25,35,37H,4-7,18-19,21-22,24H2,(H,45,48)(H,49,50)/t35-,37?/m0/s1. The lowest BCUT2D eigenvalue weighted by atomic mass is 9.90.